The molecule has 2 aromatic carbocycles. The SMILES string of the molecule is Cc1ccc(CNC(=O)c2cccc(NC(=O)CSc3nncn3C)c2)cc1. The van der Waals surface area contributed by atoms with Crippen LogP contribution in [0.25, 0.3) is 0 Å². The second kappa shape index (κ2) is 9.18. The molecule has 0 aliphatic heterocycles. The van der Waals surface area contributed by atoms with E-state index in [0.717, 1.165) is 5.56 Å². The van der Waals surface area contributed by atoms with Crippen LogP contribution >= 0.6 is 11.8 Å². The predicted molar refractivity (Wildman–Crippen MR) is 109 cm³/mol. The molecule has 0 aliphatic carbocycles. The van der Waals surface area contributed by atoms with Crippen molar-refractivity contribution in [2.45, 2.75) is 18.6 Å². The topological polar surface area (TPSA) is 88.9 Å². The molecule has 3 aromatic rings. The van der Waals surface area contributed by atoms with Gasteiger partial charge >= 0.3 is 0 Å². The van der Waals surface area contributed by atoms with Crippen LogP contribution in [0.2, 0.25) is 0 Å². The third kappa shape index (κ3) is 5.43. The van der Waals surface area contributed by atoms with Gasteiger partial charge < -0.3 is 15.2 Å². The lowest BCUT2D eigenvalue weighted by molar-refractivity contribution is -0.113. The summed E-state index contributed by atoms with van der Waals surface area (Å²) < 4.78 is 1.75. The van der Waals surface area contributed by atoms with E-state index in [1.165, 1.54) is 17.3 Å². The smallest absolute Gasteiger partial charge is 0.251 e. The molecule has 144 valence electrons. The summed E-state index contributed by atoms with van der Waals surface area (Å²) in [5, 5.41) is 14.1. The molecular weight excluding hydrogens is 374 g/mol. The zero-order valence-corrected chi connectivity index (χ0v) is 16.5. The normalized spacial score (nSPS) is 10.5. The standard InChI is InChI=1S/C20H21N5O2S/c1-14-6-8-15(9-7-14)11-21-19(27)16-4-3-5-17(10-16)23-18(26)12-28-20-24-22-13-25(20)2/h3-10,13H,11-12H2,1-2H3,(H,21,27)(H,23,26). The first-order valence-electron chi connectivity index (χ1n) is 8.72. The lowest BCUT2D eigenvalue weighted by atomic mass is 10.1. The highest BCUT2D eigenvalue weighted by Crippen LogP contribution is 2.15. The maximum absolute atomic E-state index is 12.4. The Morgan fingerprint density at radius 2 is 1.93 bits per heavy atom. The van der Waals surface area contributed by atoms with Gasteiger partial charge in [0.05, 0.1) is 5.75 Å². The minimum atomic E-state index is -0.190. The Balaban J connectivity index is 1.53. The molecule has 2 amide bonds. The van der Waals surface area contributed by atoms with Crippen molar-refractivity contribution < 1.29 is 9.59 Å². The fourth-order valence-corrected chi connectivity index (χ4v) is 3.15. The molecule has 0 fully saturated rings. The number of benzene rings is 2. The number of hydrogen-bond donors (Lipinski definition) is 2. The Labute approximate surface area is 167 Å². The van der Waals surface area contributed by atoms with Gasteiger partial charge in [-0.25, -0.2) is 0 Å². The Morgan fingerprint density at radius 3 is 2.64 bits per heavy atom. The van der Waals surface area contributed by atoms with E-state index in [-0.39, 0.29) is 17.6 Å². The average Bonchev–Trinajstić information content (AvgIpc) is 3.11. The third-order valence-electron chi connectivity index (χ3n) is 3.98. The summed E-state index contributed by atoms with van der Waals surface area (Å²) in [7, 11) is 1.82. The fraction of sp³-hybridized carbons (Fsp3) is 0.200. The number of rotatable bonds is 7. The second-order valence-corrected chi connectivity index (χ2v) is 7.25. The van der Waals surface area contributed by atoms with Crippen molar-refractivity contribution in [3.05, 3.63) is 71.5 Å². The van der Waals surface area contributed by atoms with E-state index in [9.17, 15) is 9.59 Å². The van der Waals surface area contributed by atoms with Crippen LogP contribution < -0.4 is 10.6 Å². The van der Waals surface area contributed by atoms with Crippen LogP contribution in [0, 0.1) is 6.92 Å². The minimum Gasteiger partial charge on any atom is -0.348 e. The monoisotopic (exact) mass is 395 g/mol. The molecule has 0 aliphatic rings. The zero-order valence-electron chi connectivity index (χ0n) is 15.7. The lowest BCUT2D eigenvalue weighted by Gasteiger charge is -2.09. The predicted octanol–water partition coefficient (Wildman–Crippen LogP) is 2.78. The lowest BCUT2D eigenvalue weighted by Crippen LogP contribution is -2.23. The van der Waals surface area contributed by atoms with Gasteiger partial charge in [-0.1, -0.05) is 47.7 Å². The van der Waals surface area contributed by atoms with Crippen molar-refractivity contribution in [1.29, 1.82) is 0 Å². The number of aryl methyl sites for hydroxylation is 2. The molecule has 7 nitrogen and oxygen atoms in total. The molecule has 28 heavy (non-hydrogen) atoms. The zero-order chi connectivity index (χ0) is 19.9. The number of hydrogen-bond acceptors (Lipinski definition) is 5. The molecule has 0 bridgehead atoms. The van der Waals surface area contributed by atoms with Gasteiger partial charge in [-0.3, -0.25) is 9.59 Å². The summed E-state index contributed by atoms with van der Waals surface area (Å²) in [5.41, 5.74) is 3.28. The van der Waals surface area contributed by atoms with Gasteiger partial charge in [-0.05, 0) is 30.7 Å². The molecule has 1 heterocycles. The van der Waals surface area contributed by atoms with Gasteiger partial charge in [0.15, 0.2) is 5.16 Å². The van der Waals surface area contributed by atoms with Crippen molar-refractivity contribution in [1.82, 2.24) is 20.1 Å². The number of thioether (sulfide) groups is 1. The van der Waals surface area contributed by atoms with Crippen LogP contribution in [0.1, 0.15) is 21.5 Å². The van der Waals surface area contributed by atoms with Crippen LogP contribution in [0.4, 0.5) is 5.69 Å². The third-order valence-corrected chi connectivity index (χ3v) is 5.02. The summed E-state index contributed by atoms with van der Waals surface area (Å²) in [4.78, 5) is 24.5. The Morgan fingerprint density at radius 1 is 1.14 bits per heavy atom. The van der Waals surface area contributed by atoms with E-state index < -0.39 is 0 Å². The van der Waals surface area contributed by atoms with E-state index in [4.69, 9.17) is 0 Å². The summed E-state index contributed by atoms with van der Waals surface area (Å²) in [6.07, 6.45) is 1.58. The molecule has 0 spiro atoms. The van der Waals surface area contributed by atoms with E-state index in [1.54, 1.807) is 35.2 Å². The molecule has 0 unspecified atom stereocenters. The van der Waals surface area contributed by atoms with Gasteiger partial charge in [0.25, 0.3) is 5.91 Å². The first-order chi connectivity index (χ1) is 13.5. The quantitative estimate of drug-likeness (QED) is 0.601. The van der Waals surface area contributed by atoms with E-state index in [0.29, 0.717) is 23.0 Å². The van der Waals surface area contributed by atoms with Crippen LogP contribution in [0.5, 0.6) is 0 Å². The Bertz CT molecular complexity index is 969. The van der Waals surface area contributed by atoms with Crippen LogP contribution in [-0.4, -0.2) is 32.3 Å². The van der Waals surface area contributed by atoms with E-state index >= 15 is 0 Å². The molecule has 0 atom stereocenters. The van der Waals surface area contributed by atoms with Crippen molar-refractivity contribution in [2.24, 2.45) is 7.05 Å². The summed E-state index contributed by atoms with van der Waals surface area (Å²) in [6, 6.07) is 14.9. The molecule has 3 rings (SSSR count). The fourth-order valence-electron chi connectivity index (χ4n) is 2.46. The van der Waals surface area contributed by atoms with Crippen molar-refractivity contribution in [3.63, 3.8) is 0 Å². The number of anilines is 1. The summed E-state index contributed by atoms with van der Waals surface area (Å²) in [6.45, 7) is 2.47. The molecular formula is C20H21N5O2S. The van der Waals surface area contributed by atoms with Gasteiger partial charge in [-0.15, -0.1) is 10.2 Å². The molecule has 1 aromatic heterocycles. The first-order valence-corrected chi connectivity index (χ1v) is 9.70. The number of carbonyl (C=O) groups is 2. The number of nitrogens with one attached hydrogen (secondary N) is 2. The van der Waals surface area contributed by atoms with Gasteiger partial charge in [0.2, 0.25) is 5.91 Å². The van der Waals surface area contributed by atoms with Crippen molar-refractivity contribution in [3.8, 4) is 0 Å². The minimum absolute atomic E-state index is 0.176. The Kier molecular flexibility index (Phi) is 6.44. The Hall–Kier alpha value is -3.13. The second-order valence-electron chi connectivity index (χ2n) is 6.31. The van der Waals surface area contributed by atoms with Crippen LogP contribution in [0.3, 0.4) is 0 Å². The molecule has 0 saturated heterocycles. The van der Waals surface area contributed by atoms with E-state index in [1.807, 2.05) is 38.2 Å². The molecule has 8 heteroatoms. The van der Waals surface area contributed by atoms with Gasteiger partial charge in [0, 0.05) is 24.8 Å². The maximum atomic E-state index is 12.4. The molecule has 0 saturated carbocycles. The maximum Gasteiger partial charge on any atom is 0.251 e. The van der Waals surface area contributed by atoms with E-state index in [2.05, 4.69) is 20.8 Å². The van der Waals surface area contributed by atoms with Crippen molar-refractivity contribution in [2.75, 3.05) is 11.1 Å². The number of carbonyl (C=O) groups excluding carboxylic acids is 2. The summed E-state index contributed by atoms with van der Waals surface area (Å²) in [5.74, 6) is -0.161. The average molecular weight is 395 g/mol. The highest BCUT2D eigenvalue weighted by atomic mass is 32.2. The van der Waals surface area contributed by atoms with Gasteiger partial charge in [-0.2, -0.15) is 0 Å². The molecule has 0 radical (unpaired) electrons. The van der Waals surface area contributed by atoms with Gasteiger partial charge in [0.1, 0.15) is 6.33 Å². The number of amides is 2. The summed E-state index contributed by atoms with van der Waals surface area (Å²) >= 11 is 1.30. The van der Waals surface area contributed by atoms with Crippen molar-refractivity contribution >= 4 is 29.3 Å². The first kappa shape index (κ1) is 19.6. The van der Waals surface area contributed by atoms with Crippen LogP contribution in [-0.2, 0) is 18.4 Å². The number of nitrogens with zero attached hydrogens (tertiary/aromatic N) is 3. The molecule has 2 N–H and O–H groups in total. The highest BCUT2D eigenvalue weighted by molar-refractivity contribution is 7.99. The number of aromatic nitrogens is 3. The highest BCUT2D eigenvalue weighted by Gasteiger charge is 2.10. The van der Waals surface area contributed by atoms with Crippen LogP contribution in [0.15, 0.2) is 60.0 Å². The largest absolute Gasteiger partial charge is 0.348 e.